The van der Waals surface area contributed by atoms with E-state index in [9.17, 15) is 9.59 Å². The second-order valence-electron chi connectivity index (χ2n) is 4.32. The summed E-state index contributed by atoms with van der Waals surface area (Å²) in [5, 5.41) is 0. The van der Waals surface area contributed by atoms with Gasteiger partial charge < -0.3 is 9.64 Å². The average Bonchev–Trinajstić information content (AvgIpc) is 2.36. The second-order valence-corrected chi connectivity index (χ2v) is 4.32. The number of benzene rings is 1. The van der Waals surface area contributed by atoms with Gasteiger partial charge in [0.2, 0.25) is 0 Å². The minimum atomic E-state index is -0.577. The molecule has 1 rings (SSSR count). The van der Waals surface area contributed by atoms with Gasteiger partial charge in [-0.2, -0.15) is 0 Å². The van der Waals surface area contributed by atoms with Gasteiger partial charge >= 0.3 is 5.97 Å². The molecule has 0 fully saturated rings. The molecule has 0 saturated carbocycles. The van der Waals surface area contributed by atoms with Gasteiger partial charge in [-0.05, 0) is 37.6 Å². The summed E-state index contributed by atoms with van der Waals surface area (Å²) in [6, 6.07) is 7.57. The Morgan fingerprint density at radius 2 is 1.79 bits per heavy atom. The number of hydrogen-bond donors (Lipinski definition) is 0. The van der Waals surface area contributed by atoms with Crippen LogP contribution in [-0.4, -0.2) is 32.5 Å². The monoisotopic (exact) mass is 261 g/mol. The summed E-state index contributed by atoms with van der Waals surface area (Å²) in [5.41, 5.74) is 1.92. The molecule has 4 heteroatoms. The maximum Gasteiger partial charge on any atom is 0.341 e. The van der Waals surface area contributed by atoms with Crippen LogP contribution in [0.1, 0.15) is 19.4 Å². The molecule has 0 bridgehead atoms. The number of carbonyl (C=O) groups excluding carboxylic acids is 2. The number of hydrogen-bond acceptors (Lipinski definition) is 4. The average molecular weight is 261 g/mol. The topological polar surface area (TPSA) is 46.6 Å². The van der Waals surface area contributed by atoms with Gasteiger partial charge in [0.25, 0.3) is 0 Å². The van der Waals surface area contributed by atoms with Gasteiger partial charge in [-0.1, -0.05) is 12.1 Å². The van der Waals surface area contributed by atoms with Crippen LogP contribution < -0.4 is 4.90 Å². The number of rotatable bonds is 5. The van der Waals surface area contributed by atoms with Crippen LogP contribution in [0.2, 0.25) is 0 Å². The molecule has 19 heavy (non-hydrogen) atoms. The van der Waals surface area contributed by atoms with E-state index in [1.54, 1.807) is 13.0 Å². The SMILES string of the molecule is CCOC(=O)/C(=C/c1ccc(N(C)C)cc1)C(C)=O. The lowest BCUT2D eigenvalue weighted by Crippen LogP contribution is -2.13. The normalized spacial score (nSPS) is 11.1. The van der Waals surface area contributed by atoms with E-state index in [1.807, 2.05) is 43.3 Å². The Morgan fingerprint density at radius 3 is 2.21 bits per heavy atom. The van der Waals surface area contributed by atoms with Crippen molar-refractivity contribution in [3.8, 4) is 0 Å². The highest BCUT2D eigenvalue weighted by Crippen LogP contribution is 2.15. The predicted molar refractivity (Wildman–Crippen MR) is 76.1 cm³/mol. The minimum Gasteiger partial charge on any atom is -0.462 e. The molecule has 0 radical (unpaired) electrons. The molecule has 0 aliphatic carbocycles. The Kier molecular flexibility index (Phi) is 5.30. The number of anilines is 1. The van der Waals surface area contributed by atoms with Gasteiger partial charge in [-0.25, -0.2) is 4.79 Å². The molecule has 0 saturated heterocycles. The lowest BCUT2D eigenvalue weighted by atomic mass is 10.1. The highest BCUT2D eigenvalue weighted by Gasteiger charge is 2.15. The lowest BCUT2D eigenvalue weighted by Gasteiger charge is -2.12. The summed E-state index contributed by atoms with van der Waals surface area (Å²) < 4.78 is 4.86. The fraction of sp³-hybridized carbons (Fsp3) is 0.333. The first kappa shape index (κ1) is 15.0. The maximum absolute atomic E-state index is 11.6. The predicted octanol–water partition coefficient (Wildman–Crippen LogP) is 2.29. The molecule has 4 nitrogen and oxygen atoms in total. The molecular weight excluding hydrogens is 242 g/mol. The Hall–Kier alpha value is -2.10. The third kappa shape index (κ3) is 4.25. The summed E-state index contributed by atoms with van der Waals surface area (Å²) in [4.78, 5) is 25.1. The van der Waals surface area contributed by atoms with Crippen LogP contribution in [0.3, 0.4) is 0 Å². The molecule has 0 spiro atoms. The number of Topliss-reactive ketones (excluding diaryl/α,β-unsaturated/α-hetero) is 1. The second kappa shape index (κ2) is 6.73. The fourth-order valence-electron chi connectivity index (χ4n) is 1.55. The molecule has 0 aromatic heterocycles. The van der Waals surface area contributed by atoms with Crippen molar-refractivity contribution >= 4 is 23.5 Å². The van der Waals surface area contributed by atoms with Gasteiger partial charge in [0, 0.05) is 19.8 Å². The molecule has 0 heterocycles. The Bertz CT molecular complexity index is 487. The standard InChI is InChI=1S/C15H19NO3/c1-5-19-15(18)14(11(2)17)10-12-6-8-13(9-7-12)16(3)4/h6-10H,5H2,1-4H3/b14-10+. The van der Waals surface area contributed by atoms with Gasteiger partial charge in [0.15, 0.2) is 5.78 Å². The van der Waals surface area contributed by atoms with Crippen molar-refractivity contribution in [2.24, 2.45) is 0 Å². The van der Waals surface area contributed by atoms with Crippen molar-refractivity contribution < 1.29 is 14.3 Å². The third-order valence-electron chi connectivity index (χ3n) is 2.60. The van der Waals surface area contributed by atoms with Crippen LogP contribution >= 0.6 is 0 Å². The van der Waals surface area contributed by atoms with E-state index < -0.39 is 5.97 Å². The molecule has 102 valence electrons. The van der Waals surface area contributed by atoms with Gasteiger partial charge in [-0.15, -0.1) is 0 Å². The van der Waals surface area contributed by atoms with Crippen LogP contribution in [0, 0.1) is 0 Å². The molecule has 1 aromatic carbocycles. The van der Waals surface area contributed by atoms with Crippen molar-refractivity contribution in [3.05, 3.63) is 35.4 Å². The molecule has 0 aliphatic heterocycles. The Labute approximate surface area is 113 Å². The minimum absolute atomic E-state index is 0.0689. The molecular formula is C15H19NO3. The molecule has 0 aliphatic rings. The van der Waals surface area contributed by atoms with Gasteiger partial charge in [-0.3, -0.25) is 4.79 Å². The summed E-state index contributed by atoms with van der Waals surface area (Å²) >= 11 is 0. The smallest absolute Gasteiger partial charge is 0.341 e. The number of carbonyl (C=O) groups is 2. The molecule has 0 unspecified atom stereocenters. The molecule has 0 N–H and O–H groups in total. The van der Waals surface area contributed by atoms with Crippen molar-refractivity contribution in [2.45, 2.75) is 13.8 Å². The lowest BCUT2D eigenvalue weighted by molar-refractivity contribution is -0.139. The van der Waals surface area contributed by atoms with Crippen molar-refractivity contribution in [3.63, 3.8) is 0 Å². The van der Waals surface area contributed by atoms with E-state index in [1.165, 1.54) is 6.92 Å². The van der Waals surface area contributed by atoms with E-state index >= 15 is 0 Å². The summed E-state index contributed by atoms with van der Waals surface area (Å²) in [6.45, 7) is 3.32. The largest absolute Gasteiger partial charge is 0.462 e. The molecule has 0 atom stereocenters. The number of ketones is 1. The van der Waals surface area contributed by atoms with Crippen LogP contribution in [-0.2, 0) is 14.3 Å². The summed E-state index contributed by atoms with van der Waals surface area (Å²) in [6.07, 6.45) is 1.56. The van der Waals surface area contributed by atoms with Gasteiger partial charge in [0.1, 0.15) is 5.57 Å². The first-order valence-corrected chi connectivity index (χ1v) is 6.12. The van der Waals surface area contributed by atoms with Crippen LogP contribution in [0.5, 0.6) is 0 Å². The fourth-order valence-corrected chi connectivity index (χ4v) is 1.55. The molecule has 0 amide bonds. The van der Waals surface area contributed by atoms with Crippen LogP contribution in [0.15, 0.2) is 29.8 Å². The zero-order valence-corrected chi connectivity index (χ0v) is 11.8. The van der Waals surface area contributed by atoms with Crippen molar-refractivity contribution in [1.82, 2.24) is 0 Å². The van der Waals surface area contributed by atoms with E-state index in [0.717, 1.165) is 11.3 Å². The van der Waals surface area contributed by atoms with Crippen LogP contribution in [0.25, 0.3) is 6.08 Å². The molecule has 1 aromatic rings. The van der Waals surface area contributed by atoms with Gasteiger partial charge in [0.05, 0.1) is 6.61 Å². The van der Waals surface area contributed by atoms with E-state index in [2.05, 4.69) is 0 Å². The number of nitrogens with zero attached hydrogens (tertiary/aromatic N) is 1. The number of ether oxygens (including phenoxy) is 1. The first-order valence-electron chi connectivity index (χ1n) is 6.12. The van der Waals surface area contributed by atoms with E-state index in [0.29, 0.717) is 0 Å². The Morgan fingerprint density at radius 1 is 1.21 bits per heavy atom. The van der Waals surface area contributed by atoms with E-state index in [-0.39, 0.29) is 18.0 Å². The van der Waals surface area contributed by atoms with Crippen molar-refractivity contribution in [1.29, 1.82) is 0 Å². The zero-order valence-electron chi connectivity index (χ0n) is 11.8. The zero-order chi connectivity index (χ0) is 14.4. The summed E-state index contributed by atoms with van der Waals surface area (Å²) in [7, 11) is 3.90. The third-order valence-corrected chi connectivity index (χ3v) is 2.60. The highest BCUT2D eigenvalue weighted by atomic mass is 16.5. The summed E-state index contributed by atoms with van der Waals surface area (Å²) in [5.74, 6) is -0.873. The maximum atomic E-state index is 11.6. The quantitative estimate of drug-likeness (QED) is 0.353. The first-order chi connectivity index (χ1) is 8.95. The van der Waals surface area contributed by atoms with Crippen LogP contribution in [0.4, 0.5) is 5.69 Å². The van der Waals surface area contributed by atoms with Crippen molar-refractivity contribution in [2.75, 3.05) is 25.6 Å². The Balaban J connectivity index is 3.02. The highest BCUT2D eigenvalue weighted by molar-refractivity contribution is 6.19. The number of esters is 1. The van der Waals surface area contributed by atoms with E-state index in [4.69, 9.17) is 4.74 Å².